The van der Waals surface area contributed by atoms with Gasteiger partial charge >= 0.3 is 0 Å². The number of carbonyl (C=O) groups excluding carboxylic acids is 1. The Morgan fingerprint density at radius 3 is 2.79 bits per heavy atom. The van der Waals surface area contributed by atoms with Gasteiger partial charge in [-0.2, -0.15) is 0 Å². The number of hydrogen-bond acceptors (Lipinski definition) is 1. The summed E-state index contributed by atoms with van der Waals surface area (Å²) >= 11 is 0. The predicted molar refractivity (Wildman–Crippen MR) is 52.4 cm³/mol. The van der Waals surface area contributed by atoms with E-state index in [1.807, 2.05) is 6.07 Å². The van der Waals surface area contributed by atoms with Crippen LogP contribution in [0.5, 0.6) is 0 Å². The van der Waals surface area contributed by atoms with Gasteiger partial charge in [0, 0.05) is 6.42 Å². The van der Waals surface area contributed by atoms with Gasteiger partial charge in [0.2, 0.25) is 0 Å². The highest BCUT2D eigenvalue weighted by atomic mass is 19.1. The number of rotatable bonds is 2. The highest BCUT2D eigenvalue weighted by Crippen LogP contribution is 2.19. The number of benzene rings is 1. The van der Waals surface area contributed by atoms with E-state index in [0.717, 1.165) is 17.6 Å². The first-order valence-electron chi connectivity index (χ1n) is 4.71. The Labute approximate surface area is 82.3 Å². The minimum Gasteiger partial charge on any atom is -0.295 e. The van der Waals surface area contributed by atoms with E-state index in [1.54, 1.807) is 12.1 Å². The summed E-state index contributed by atoms with van der Waals surface area (Å²) in [6.45, 7) is 0. The molecule has 1 nitrogen and oxygen atoms in total. The summed E-state index contributed by atoms with van der Waals surface area (Å²) in [6.07, 6.45) is 3.83. The summed E-state index contributed by atoms with van der Waals surface area (Å²) in [7, 11) is 0. The van der Waals surface area contributed by atoms with Crippen LogP contribution in [-0.4, -0.2) is 5.78 Å². The van der Waals surface area contributed by atoms with Crippen LogP contribution in [0.3, 0.4) is 0 Å². The Morgan fingerprint density at radius 1 is 1.29 bits per heavy atom. The summed E-state index contributed by atoms with van der Waals surface area (Å²) in [6, 6.07) is 6.52. The molecule has 1 aliphatic rings. The molecule has 14 heavy (non-hydrogen) atoms. The van der Waals surface area contributed by atoms with Crippen molar-refractivity contribution >= 4 is 5.78 Å². The molecule has 1 aromatic rings. The Morgan fingerprint density at radius 2 is 2.14 bits per heavy atom. The lowest BCUT2D eigenvalue weighted by Gasteiger charge is -2.01. The Kier molecular flexibility index (Phi) is 2.44. The monoisotopic (exact) mass is 190 g/mol. The molecular formula is C12H11FO. The van der Waals surface area contributed by atoms with E-state index in [9.17, 15) is 9.18 Å². The van der Waals surface area contributed by atoms with Gasteiger partial charge in [0.1, 0.15) is 5.82 Å². The van der Waals surface area contributed by atoms with E-state index >= 15 is 0 Å². The van der Waals surface area contributed by atoms with Gasteiger partial charge in [-0.3, -0.25) is 4.79 Å². The quantitative estimate of drug-likeness (QED) is 0.700. The van der Waals surface area contributed by atoms with Gasteiger partial charge in [-0.15, -0.1) is 0 Å². The molecule has 0 heterocycles. The molecule has 0 aromatic heterocycles. The minimum atomic E-state index is -0.215. The Bertz CT molecular complexity index is 393. The molecule has 0 saturated carbocycles. The summed E-state index contributed by atoms with van der Waals surface area (Å²) in [5.74, 6) is -0.0242. The molecular weight excluding hydrogens is 179 g/mol. The second-order valence-corrected chi connectivity index (χ2v) is 3.58. The second-order valence-electron chi connectivity index (χ2n) is 3.58. The van der Waals surface area contributed by atoms with Gasteiger partial charge in [0.15, 0.2) is 5.78 Å². The fourth-order valence-electron chi connectivity index (χ4n) is 1.70. The number of halogens is 1. The lowest BCUT2D eigenvalue weighted by atomic mass is 10.1. The maximum atomic E-state index is 12.8. The van der Waals surface area contributed by atoms with Crippen LogP contribution in [0.15, 0.2) is 35.9 Å². The van der Waals surface area contributed by atoms with Crippen LogP contribution >= 0.6 is 0 Å². The van der Waals surface area contributed by atoms with E-state index in [2.05, 4.69) is 0 Å². The molecule has 0 amide bonds. The molecule has 0 bridgehead atoms. The van der Waals surface area contributed by atoms with Crippen LogP contribution in [0.1, 0.15) is 18.4 Å². The van der Waals surface area contributed by atoms with E-state index < -0.39 is 0 Å². The van der Waals surface area contributed by atoms with Crippen LogP contribution in [0.2, 0.25) is 0 Å². The topological polar surface area (TPSA) is 17.1 Å². The van der Waals surface area contributed by atoms with Gasteiger partial charge in [-0.05, 0) is 36.6 Å². The van der Waals surface area contributed by atoms with Gasteiger partial charge in [-0.25, -0.2) is 4.39 Å². The fraction of sp³-hybridized carbons (Fsp3) is 0.250. The zero-order chi connectivity index (χ0) is 9.97. The zero-order valence-electron chi connectivity index (χ0n) is 7.79. The lowest BCUT2D eigenvalue weighted by Crippen LogP contribution is -1.88. The van der Waals surface area contributed by atoms with E-state index in [-0.39, 0.29) is 11.6 Å². The van der Waals surface area contributed by atoms with Gasteiger partial charge in [0.05, 0.1) is 0 Å². The second kappa shape index (κ2) is 3.74. The molecule has 0 saturated heterocycles. The molecule has 0 unspecified atom stereocenters. The van der Waals surface area contributed by atoms with Gasteiger partial charge in [-0.1, -0.05) is 17.7 Å². The fourth-order valence-corrected chi connectivity index (χ4v) is 1.70. The molecule has 0 N–H and O–H groups in total. The molecule has 2 heteroatoms. The van der Waals surface area contributed by atoms with E-state index in [4.69, 9.17) is 0 Å². The summed E-state index contributed by atoms with van der Waals surface area (Å²) < 4.78 is 12.8. The first kappa shape index (κ1) is 9.13. The third kappa shape index (κ3) is 2.08. The van der Waals surface area contributed by atoms with E-state index in [0.29, 0.717) is 12.8 Å². The third-order valence-electron chi connectivity index (χ3n) is 2.38. The van der Waals surface area contributed by atoms with Crippen molar-refractivity contribution in [3.8, 4) is 0 Å². The molecule has 0 aliphatic heterocycles. The Hall–Kier alpha value is -1.44. The number of ketones is 1. The van der Waals surface area contributed by atoms with Crippen molar-refractivity contribution < 1.29 is 9.18 Å². The summed E-state index contributed by atoms with van der Waals surface area (Å²) in [5.41, 5.74) is 2.05. The van der Waals surface area contributed by atoms with Gasteiger partial charge < -0.3 is 0 Å². The number of allylic oxidation sites excluding steroid dienone is 2. The van der Waals surface area contributed by atoms with Crippen LogP contribution < -0.4 is 0 Å². The smallest absolute Gasteiger partial charge is 0.155 e. The Balaban J connectivity index is 2.11. The normalized spacial score (nSPS) is 15.8. The molecule has 0 radical (unpaired) electrons. The maximum Gasteiger partial charge on any atom is 0.155 e. The lowest BCUT2D eigenvalue weighted by molar-refractivity contribution is -0.114. The third-order valence-corrected chi connectivity index (χ3v) is 2.38. The summed E-state index contributed by atoms with van der Waals surface area (Å²) in [4.78, 5) is 11.0. The zero-order valence-corrected chi connectivity index (χ0v) is 7.79. The van der Waals surface area contributed by atoms with Crippen molar-refractivity contribution in [1.82, 2.24) is 0 Å². The summed E-state index contributed by atoms with van der Waals surface area (Å²) in [5, 5.41) is 0. The molecule has 2 rings (SSSR count). The maximum absolute atomic E-state index is 12.8. The molecule has 0 atom stereocenters. The first-order chi connectivity index (χ1) is 6.74. The first-order valence-corrected chi connectivity index (χ1v) is 4.71. The standard InChI is InChI=1S/C12H11FO/c13-11-3-1-2-9(7-11)6-10-4-5-12(14)8-10/h1-3,7-8H,4-6H2. The van der Waals surface area contributed by atoms with Crippen molar-refractivity contribution in [2.75, 3.05) is 0 Å². The largest absolute Gasteiger partial charge is 0.295 e. The van der Waals surface area contributed by atoms with Crippen molar-refractivity contribution in [2.45, 2.75) is 19.3 Å². The van der Waals surface area contributed by atoms with E-state index in [1.165, 1.54) is 12.1 Å². The molecule has 0 spiro atoms. The van der Waals surface area contributed by atoms with Crippen LogP contribution in [0, 0.1) is 5.82 Å². The number of hydrogen-bond donors (Lipinski definition) is 0. The molecule has 1 aromatic carbocycles. The number of carbonyl (C=O) groups is 1. The average Bonchev–Trinajstić information content (AvgIpc) is 2.51. The van der Waals surface area contributed by atoms with Crippen LogP contribution in [0.4, 0.5) is 4.39 Å². The highest BCUT2D eigenvalue weighted by molar-refractivity contribution is 5.93. The van der Waals surface area contributed by atoms with Crippen molar-refractivity contribution in [2.24, 2.45) is 0 Å². The SMILES string of the molecule is O=C1C=C(Cc2cccc(F)c2)CC1. The van der Waals surface area contributed by atoms with Crippen LogP contribution in [-0.2, 0) is 11.2 Å². The molecule has 1 aliphatic carbocycles. The average molecular weight is 190 g/mol. The van der Waals surface area contributed by atoms with Crippen molar-refractivity contribution in [1.29, 1.82) is 0 Å². The predicted octanol–water partition coefficient (Wildman–Crippen LogP) is 2.66. The van der Waals surface area contributed by atoms with Crippen LogP contribution in [0.25, 0.3) is 0 Å². The van der Waals surface area contributed by atoms with Crippen molar-refractivity contribution in [3.63, 3.8) is 0 Å². The molecule has 72 valence electrons. The minimum absolute atomic E-state index is 0.191. The highest BCUT2D eigenvalue weighted by Gasteiger charge is 2.11. The van der Waals surface area contributed by atoms with Crippen molar-refractivity contribution in [3.05, 3.63) is 47.3 Å². The molecule has 0 fully saturated rings. The van der Waals surface area contributed by atoms with Gasteiger partial charge in [0.25, 0.3) is 0 Å².